The molecule has 1 heterocycles. The van der Waals surface area contributed by atoms with Gasteiger partial charge in [0.15, 0.2) is 0 Å². The number of rotatable bonds is 4. The summed E-state index contributed by atoms with van der Waals surface area (Å²) in [5.41, 5.74) is 1.19. The molecule has 0 fully saturated rings. The molecule has 0 saturated carbocycles. The molecule has 122 valence electrons. The number of carboxylic acids is 1. The Morgan fingerprint density at radius 3 is 2.67 bits per heavy atom. The molecule has 0 spiro atoms. The van der Waals surface area contributed by atoms with Gasteiger partial charge in [0.1, 0.15) is 0 Å². The van der Waals surface area contributed by atoms with E-state index < -0.39 is 16.0 Å². The van der Waals surface area contributed by atoms with Crippen molar-refractivity contribution in [1.29, 1.82) is 0 Å². The van der Waals surface area contributed by atoms with Crippen LogP contribution in [-0.2, 0) is 10.0 Å². The Hall–Kier alpha value is -2.93. The van der Waals surface area contributed by atoms with E-state index in [1.54, 1.807) is 43.5 Å². The van der Waals surface area contributed by atoms with Gasteiger partial charge in [-0.2, -0.15) is 0 Å². The first-order valence-corrected chi connectivity index (χ1v) is 8.57. The Bertz CT molecular complexity index is 1040. The van der Waals surface area contributed by atoms with E-state index in [2.05, 4.69) is 9.71 Å². The SMILES string of the molecule is Cc1ccc(NS(=O)(=O)c2cccc3ncccc23)c(C(=O)O)c1. The largest absolute Gasteiger partial charge is 0.478 e. The number of carbonyl (C=O) groups is 1. The molecule has 2 N–H and O–H groups in total. The van der Waals surface area contributed by atoms with Crippen LogP contribution in [0.5, 0.6) is 0 Å². The van der Waals surface area contributed by atoms with Crippen LogP contribution in [0.3, 0.4) is 0 Å². The van der Waals surface area contributed by atoms with Gasteiger partial charge in [-0.15, -0.1) is 0 Å². The molecule has 6 nitrogen and oxygen atoms in total. The molecule has 2 aromatic carbocycles. The summed E-state index contributed by atoms with van der Waals surface area (Å²) in [4.78, 5) is 15.5. The lowest BCUT2D eigenvalue weighted by atomic mass is 10.1. The van der Waals surface area contributed by atoms with Crippen molar-refractivity contribution in [3.8, 4) is 0 Å². The second kappa shape index (κ2) is 5.93. The second-order valence-corrected chi connectivity index (χ2v) is 6.94. The summed E-state index contributed by atoms with van der Waals surface area (Å²) < 4.78 is 27.9. The third-order valence-electron chi connectivity index (χ3n) is 3.54. The third kappa shape index (κ3) is 2.93. The molecule has 1 aromatic heterocycles. The molecule has 0 saturated heterocycles. The number of pyridine rings is 1. The maximum Gasteiger partial charge on any atom is 0.337 e. The molecule has 3 rings (SSSR count). The quantitative estimate of drug-likeness (QED) is 0.759. The fraction of sp³-hybridized carbons (Fsp3) is 0.0588. The predicted molar refractivity (Wildman–Crippen MR) is 90.7 cm³/mol. The molecule has 0 aliphatic carbocycles. The third-order valence-corrected chi connectivity index (χ3v) is 4.97. The highest BCUT2D eigenvalue weighted by Crippen LogP contribution is 2.25. The summed E-state index contributed by atoms with van der Waals surface area (Å²) in [6.45, 7) is 1.74. The number of anilines is 1. The van der Waals surface area contributed by atoms with Crippen LogP contribution in [0.15, 0.2) is 59.6 Å². The number of benzene rings is 2. The minimum absolute atomic E-state index is 0.0222. The molecule has 7 heteroatoms. The summed E-state index contributed by atoms with van der Waals surface area (Å²) >= 11 is 0. The molecule has 0 atom stereocenters. The first-order chi connectivity index (χ1) is 11.4. The lowest BCUT2D eigenvalue weighted by Crippen LogP contribution is -2.16. The normalized spacial score (nSPS) is 11.4. The number of fused-ring (bicyclic) bond motifs is 1. The smallest absolute Gasteiger partial charge is 0.337 e. The van der Waals surface area contributed by atoms with Crippen LogP contribution in [0, 0.1) is 6.92 Å². The predicted octanol–water partition coefficient (Wildman–Crippen LogP) is 3.04. The summed E-state index contributed by atoms with van der Waals surface area (Å²) in [5, 5.41) is 9.75. The van der Waals surface area contributed by atoms with Gasteiger partial charge in [-0.05, 0) is 43.3 Å². The zero-order chi connectivity index (χ0) is 17.3. The van der Waals surface area contributed by atoms with Crippen molar-refractivity contribution in [1.82, 2.24) is 4.98 Å². The standard InChI is InChI=1S/C17H14N2O4S/c1-11-7-8-15(13(10-11)17(20)21)19-24(22,23)16-6-2-5-14-12(16)4-3-9-18-14/h2-10,19H,1H3,(H,20,21). The number of aryl methyl sites for hydroxylation is 1. The Balaban J connectivity index is 2.11. The Morgan fingerprint density at radius 1 is 1.12 bits per heavy atom. The van der Waals surface area contributed by atoms with E-state index in [4.69, 9.17) is 0 Å². The summed E-state index contributed by atoms with van der Waals surface area (Å²) in [6, 6.07) is 12.6. The number of hydrogen-bond acceptors (Lipinski definition) is 4. The average molecular weight is 342 g/mol. The number of nitrogens with one attached hydrogen (secondary N) is 1. The van der Waals surface area contributed by atoms with Crippen molar-refractivity contribution in [3.05, 3.63) is 65.9 Å². The molecule has 0 unspecified atom stereocenters. The number of nitrogens with zero attached hydrogens (tertiary/aromatic N) is 1. The van der Waals surface area contributed by atoms with Crippen molar-refractivity contribution in [2.45, 2.75) is 11.8 Å². The van der Waals surface area contributed by atoms with Gasteiger partial charge in [-0.25, -0.2) is 13.2 Å². The molecule has 3 aromatic rings. The fourth-order valence-corrected chi connectivity index (χ4v) is 3.73. The zero-order valence-corrected chi connectivity index (χ0v) is 13.5. The molecule has 0 bridgehead atoms. The number of sulfonamides is 1. The van der Waals surface area contributed by atoms with Crippen LogP contribution < -0.4 is 4.72 Å². The fourth-order valence-electron chi connectivity index (χ4n) is 2.43. The molecular weight excluding hydrogens is 328 g/mol. The molecule has 0 amide bonds. The van der Waals surface area contributed by atoms with Gasteiger partial charge >= 0.3 is 5.97 Å². The maximum absolute atomic E-state index is 12.7. The van der Waals surface area contributed by atoms with Gasteiger partial charge in [0.05, 0.1) is 21.7 Å². The van der Waals surface area contributed by atoms with E-state index in [-0.39, 0.29) is 16.1 Å². The zero-order valence-electron chi connectivity index (χ0n) is 12.7. The highest BCUT2D eigenvalue weighted by molar-refractivity contribution is 7.93. The second-order valence-electron chi connectivity index (χ2n) is 5.29. The first-order valence-electron chi connectivity index (χ1n) is 7.09. The van der Waals surface area contributed by atoms with E-state index in [9.17, 15) is 18.3 Å². The highest BCUT2D eigenvalue weighted by atomic mass is 32.2. The number of aromatic nitrogens is 1. The van der Waals surface area contributed by atoms with Gasteiger partial charge in [-0.3, -0.25) is 9.71 Å². The van der Waals surface area contributed by atoms with Gasteiger partial charge in [0, 0.05) is 11.6 Å². The maximum atomic E-state index is 12.7. The molecule has 0 radical (unpaired) electrons. The molecule has 0 aliphatic rings. The Kier molecular flexibility index (Phi) is 3.94. The van der Waals surface area contributed by atoms with Crippen LogP contribution >= 0.6 is 0 Å². The molecule has 24 heavy (non-hydrogen) atoms. The lowest BCUT2D eigenvalue weighted by molar-refractivity contribution is 0.0698. The van der Waals surface area contributed by atoms with Crippen LogP contribution in [0.2, 0.25) is 0 Å². The minimum Gasteiger partial charge on any atom is -0.478 e. The van der Waals surface area contributed by atoms with Crippen LogP contribution in [0.1, 0.15) is 15.9 Å². The van der Waals surface area contributed by atoms with Crippen LogP contribution in [0.25, 0.3) is 10.9 Å². The van der Waals surface area contributed by atoms with E-state index in [0.717, 1.165) is 5.56 Å². The summed E-state index contributed by atoms with van der Waals surface area (Å²) in [5.74, 6) is -1.20. The van der Waals surface area contributed by atoms with Crippen molar-refractivity contribution in [2.24, 2.45) is 0 Å². The van der Waals surface area contributed by atoms with Gasteiger partial charge in [0.25, 0.3) is 10.0 Å². The van der Waals surface area contributed by atoms with Gasteiger partial charge in [-0.1, -0.05) is 17.7 Å². The lowest BCUT2D eigenvalue weighted by Gasteiger charge is -2.12. The van der Waals surface area contributed by atoms with E-state index in [0.29, 0.717) is 10.9 Å². The van der Waals surface area contributed by atoms with Crippen LogP contribution in [-0.4, -0.2) is 24.5 Å². The average Bonchev–Trinajstić information content (AvgIpc) is 2.55. The van der Waals surface area contributed by atoms with E-state index >= 15 is 0 Å². The van der Waals surface area contributed by atoms with Crippen molar-refractivity contribution in [2.75, 3.05) is 4.72 Å². The first kappa shape index (κ1) is 15.9. The molecule has 0 aliphatic heterocycles. The highest BCUT2D eigenvalue weighted by Gasteiger charge is 2.20. The van der Waals surface area contributed by atoms with Crippen molar-refractivity contribution < 1.29 is 18.3 Å². The Morgan fingerprint density at radius 2 is 1.92 bits per heavy atom. The number of hydrogen-bond donors (Lipinski definition) is 2. The topological polar surface area (TPSA) is 96.4 Å². The van der Waals surface area contributed by atoms with E-state index in [1.165, 1.54) is 18.2 Å². The number of aromatic carboxylic acids is 1. The minimum atomic E-state index is -3.96. The molecular formula is C17H14N2O4S. The van der Waals surface area contributed by atoms with Crippen LogP contribution in [0.4, 0.5) is 5.69 Å². The van der Waals surface area contributed by atoms with E-state index in [1.807, 2.05) is 0 Å². The Labute approximate surface area is 138 Å². The van der Waals surface area contributed by atoms with Gasteiger partial charge in [0.2, 0.25) is 0 Å². The van der Waals surface area contributed by atoms with Gasteiger partial charge < -0.3 is 5.11 Å². The monoisotopic (exact) mass is 342 g/mol. The summed E-state index contributed by atoms with van der Waals surface area (Å²) in [6.07, 6.45) is 1.58. The van der Waals surface area contributed by atoms with Crippen molar-refractivity contribution >= 4 is 32.6 Å². The number of carboxylic acid groups (broad SMARTS) is 1. The van der Waals surface area contributed by atoms with Crippen molar-refractivity contribution in [3.63, 3.8) is 0 Å². The summed E-state index contributed by atoms with van der Waals surface area (Å²) in [7, 11) is -3.96.